The fraction of sp³-hybridized carbons (Fsp3) is 0.960. The summed E-state index contributed by atoms with van der Waals surface area (Å²) in [6.07, 6.45) is 8.73. The van der Waals surface area contributed by atoms with Gasteiger partial charge < -0.3 is 15.3 Å². The fourth-order valence-corrected chi connectivity index (χ4v) is 9.32. The van der Waals surface area contributed by atoms with Crippen LogP contribution < -0.4 is 0 Å². The summed E-state index contributed by atoms with van der Waals surface area (Å²) in [5.74, 6) is 2.85. The number of H-pyrrole nitrogens is 1. The van der Waals surface area contributed by atoms with E-state index in [4.69, 9.17) is 0 Å². The molecular weight excluding hydrogens is 404 g/mol. The largest absolute Gasteiger partial charge is 0.393 e. The van der Waals surface area contributed by atoms with Gasteiger partial charge >= 0.3 is 0 Å². The molecule has 3 unspecified atom stereocenters. The van der Waals surface area contributed by atoms with Crippen LogP contribution >= 0.6 is 0 Å². The number of aliphatic hydroxyl groups excluding tert-OH is 3. The standard InChI is InChI=1S/C25H42N4O3/c1-4-16-18-12-15(30)10-11-24(18,2)19-13-20(31)25(3)14(6-5-7-21-26-28-29-27-21)8-9-17(25)22(19)23(16)32/h14-20,22-23,30-32H,4-13H2,1-3H3,(H,26,27,28,29)/t14-,15+,16+,17?,18-,19?,20-,22?,23+,24-,25+/m0/s1. The zero-order valence-electron chi connectivity index (χ0n) is 20.0. The molecule has 0 spiro atoms. The maximum Gasteiger partial charge on any atom is 0.174 e. The Morgan fingerprint density at radius 1 is 1.03 bits per heavy atom. The Bertz CT molecular complexity index is 790. The molecule has 0 aliphatic heterocycles. The minimum absolute atomic E-state index is 0.114. The van der Waals surface area contributed by atoms with Crippen LogP contribution in [0.15, 0.2) is 0 Å². The van der Waals surface area contributed by atoms with Crippen molar-refractivity contribution >= 4 is 0 Å². The lowest BCUT2D eigenvalue weighted by atomic mass is 9.41. The highest BCUT2D eigenvalue weighted by molar-refractivity contribution is 5.15. The average Bonchev–Trinajstić information content (AvgIpc) is 3.40. The highest BCUT2D eigenvalue weighted by Gasteiger charge is 2.66. The molecular formula is C25H42N4O3. The van der Waals surface area contributed by atoms with Crippen LogP contribution in [0.1, 0.15) is 84.4 Å². The molecule has 0 bridgehead atoms. The van der Waals surface area contributed by atoms with Crippen LogP contribution in [0.25, 0.3) is 0 Å². The van der Waals surface area contributed by atoms with E-state index in [0.29, 0.717) is 23.7 Å². The molecule has 1 aromatic heterocycles. The van der Waals surface area contributed by atoms with Gasteiger partial charge in [0.25, 0.3) is 0 Å². The van der Waals surface area contributed by atoms with Crippen LogP contribution in [0.4, 0.5) is 0 Å². The molecule has 180 valence electrons. The molecule has 0 amide bonds. The predicted molar refractivity (Wildman–Crippen MR) is 120 cm³/mol. The molecule has 1 aromatic rings. The molecule has 0 aromatic carbocycles. The number of aliphatic hydroxyl groups is 3. The van der Waals surface area contributed by atoms with Crippen molar-refractivity contribution in [2.24, 2.45) is 46.3 Å². The Morgan fingerprint density at radius 2 is 1.84 bits per heavy atom. The van der Waals surface area contributed by atoms with Gasteiger partial charge in [-0.2, -0.15) is 5.21 Å². The third kappa shape index (κ3) is 3.29. The SMILES string of the molecule is CC[C@H]1[C@@H](O)C2C3CC[C@H](CCCc4nn[nH]n4)[C@@]3(C)[C@@H](O)CC2[C@@]2(C)CC[C@@H](O)C[C@@H]12. The van der Waals surface area contributed by atoms with E-state index < -0.39 is 0 Å². The van der Waals surface area contributed by atoms with E-state index in [-0.39, 0.29) is 41.0 Å². The van der Waals surface area contributed by atoms with Crippen LogP contribution in [0.5, 0.6) is 0 Å². The number of hydrogen-bond donors (Lipinski definition) is 4. The minimum atomic E-state index is -0.318. The summed E-state index contributed by atoms with van der Waals surface area (Å²) >= 11 is 0. The first-order valence-corrected chi connectivity index (χ1v) is 13.1. The topological polar surface area (TPSA) is 115 Å². The number of nitrogens with zero attached hydrogens (tertiary/aromatic N) is 3. The molecule has 4 saturated carbocycles. The molecule has 5 rings (SSSR count). The summed E-state index contributed by atoms with van der Waals surface area (Å²) in [7, 11) is 0. The first-order chi connectivity index (χ1) is 15.3. The van der Waals surface area contributed by atoms with E-state index >= 15 is 0 Å². The Kier molecular flexibility index (Phi) is 5.90. The Balaban J connectivity index is 1.39. The number of aromatic amines is 1. The smallest absolute Gasteiger partial charge is 0.174 e. The van der Waals surface area contributed by atoms with E-state index in [9.17, 15) is 15.3 Å². The van der Waals surface area contributed by atoms with Crippen LogP contribution in [0.3, 0.4) is 0 Å². The highest BCUT2D eigenvalue weighted by atomic mass is 16.3. The highest BCUT2D eigenvalue weighted by Crippen LogP contribution is 2.69. The maximum absolute atomic E-state index is 11.7. The molecule has 4 aliphatic carbocycles. The second kappa shape index (κ2) is 8.31. The molecule has 4 N–H and O–H groups in total. The normalized spacial score (nSPS) is 50.5. The lowest BCUT2D eigenvalue weighted by molar-refractivity contribution is -0.226. The first-order valence-electron chi connectivity index (χ1n) is 13.1. The number of tetrazole rings is 1. The quantitative estimate of drug-likeness (QED) is 0.552. The van der Waals surface area contributed by atoms with Crippen molar-refractivity contribution in [3.8, 4) is 0 Å². The first kappa shape index (κ1) is 22.7. The third-order valence-corrected chi connectivity index (χ3v) is 11.0. The Hall–Kier alpha value is -1.05. The fourth-order valence-electron chi connectivity index (χ4n) is 9.32. The van der Waals surface area contributed by atoms with E-state index in [1.165, 1.54) is 0 Å². The molecule has 4 aliphatic rings. The lowest BCUT2D eigenvalue weighted by Crippen LogP contribution is -2.64. The summed E-state index contributed by atoms with van der Waals surface area (Å²) in [4.78, 5) is 0. The summed E-state index contributed by atoms with van der Waals surface area (Å²) in [6.45, 7) is 6.95. The van der Waals surface area contributed by atoms with E-state index in [0.717, 1.165) is 70.0 Å². The van der Waals surface area contributed by atoms with Gasteiger partial charge in [-0.3, -0.25) is 0 Å². The zero-order chi connectivity index (χ0) is 22.7. The second-order valence-electron chi connectivity index (χ2n) is 12.0. The molecule has 7 heteroatoms. The maximum atomic E-state index is 11.7. The monoisotopic (exact) mass is 446 g/mol. The van der Waals surface area contributed by atoms with Crippen molar-refractivity contribution in [1.82, 2.24) is 20.6 Å². The van der Waals surface area contributed by atoms with Crippen LogP contribution in [-0.4, -0.2) is 54.3 Å². The number of fused-ring (bicyclic) bond motifs is 5. The van der Waals surface area contributed by atoms with E-state index in [1.54, 1.807) is 0 Å². The molecule has 0 radical (unpaired) electrons. The number of aryl methyl sites for hydroxylation is 1. The van der Waals surface area contributed by atoms with Gasteiger partial charge in [0, 0.05) is 6.42 Å². The van der Waals surface area contributed by atoms with E-state index in [1.807, 2.05) is 0 Å². The summed E-state index contributed by atoms with van der Waals surface area (Å²) in [5, 5.41) is 48.2. The summed E-state index contributed by atoms with van der Waals surface area (Å²) in [6, 6.07) is 0. The average molecular weight is 447 g/mol. The number of hydrogen-bond acceptors (Lipinski definition) is 6. The Morgan fingerprint density at radius 3 is 2.56 bits per heavy atom. The molecule has 11 atom stereocenters. The van der Waals surface area contributed by atoms with Gasteiger partial charge in [0.1, 0.15) is 0 Å². The van der Waals surface area contributed by atoms with Gasteiger partial charge in [0.15, 0.2) is 5.82 Å². The molecule has 0 saturated heterocycles. The van der Waals surface area contributed by atoms with Crippen molar-refractivity contribution in [2.45, 2.75) is 103 Å². The van der Waals surface area contributed by atoms with Gasteiger partial charge in [-0.15, -0.1) is 10.2 Å². The van der Waals surface area contributed by atoms with Crippen molar-refractivity contribution in [2.75, 3.05) is 0 Å². The Labute approximate surface area is 191 Å². The summed E-state index contributed by atoms with van der Waals surface area (Å²) < 4.78 is 0. The van der Waals surface area contributed by atoms with Gasteiger partial charge in [-0.25, -0.2) is 0 Å². The van der Waals surface area contributed by atoms with Crippen LogP contribution in [0, 0.1) is 46.3 Å². The zero-order valence-corrected chi connectivity index (χ0v) is 20.0. The van der Waals surface area contributed by atoms with Crippen LogP contribution in [-0.2, 0) is 6.42 Å². The van der Waals surface area contributed by atoms with Crippen LogP contribution in [0.2, 0.25) is 0 Å². The van der Waals surface area contributed by atoms with Gasteiger partial charge in [-0.1, -0.05) is 32.4 Å². The molecule has 7 nitrogen and oxygen atoms in total. The van der Waals surface area contributed by atoms with Gasteiger partial charge in [-0.05, 0) is 97.7 Å². The number of rotatable bonds is 5. The van der Waals surface area contributed by atoms with Gasteiger partial charge in [0.2, 0.25) is 0 Å². The number of nitrogens with one attached hydrogen (secondary N) is 1. The summed E-state index contributed by atoms with van der Waals surface area (Å²) in [5.41, 5.74) is -0.0160. The van der Waals surface area contributed by atoms with Crippen molar-refractivity contribution in [1.29, 1.82) is 0 Å². The molecule has 4 fully saturated rings. The van der Waals surface area contributed by atoms with Crippen molar-refractivity contribution in [3.63, 3.8) is 0 Å². The van der Waals surface area contributed by atoms with Gasteiger partial charge in [0.05, 0.1) is 18.3 Å². The van der Waals surface area contributed by atoms with Crippen molar-refractivity contribution < 1.29 is 15.3 Å². The number of aromatic nitrogens is 4. The molecule has 32 heavy (non-hydrogen) atoms. The molecule has 1 heterocycles. The van der Waals surface area contributed by atoms with E-state index in [2.05, 4.69) is 41.4 Å². The van der Waals surface area contributed by atoms with Crippen molar-refractivity contribution in [3.05, 3.63) is 5.82 Å². The predicted octanol–water partition coefficient (Wildman–Crippen LogP) is 3.12. The lowest BCUT2D eigenvalue weighted by Gasteiger charge is -2.65. The minimum Gasteiger partial charge on any atom is -0.393 e. The third-order valence-electron chi connectivity index (χ3n) is 11.0. The second-order valence-corrected chi connectivity index (χ2v) is 12.0.